The van der Waals surface area contributed by atoms with Crippen LogP contribution in [0.15, 0.2) is 54.6 Å². The summed E-state index contributed by atoms with van der Waals surface area (Å²) in [5, 5.41) is 2.89. The summed E-state index contributed by atoms with van der Waals surface area (Å²) in [7, 11) is 1.59. The summed E-state index contributed by atoms with van der Waals surface area (Å²) in [5.41, 5.74) is 1.71. The van der Waals surface area contributed by atoms with Gasteiger partial charge in [0.25, 0.3) is 0 Å². The fraction of sp³-hybridized carbons (Fsp3) is 0.333. The molecule has 2 aromatic rings. The number of carbonyl (C=O) groups is 2. The fourth-order valence-corrected chi connectivity index (χ4v) is 2.76. The maximum atomic E-state index is 12.5. The molecule has 6 nitrogen and oxygen atoms in total. The van der Waals surface area contributed by atoms with Gasteiger partial charge < -0.3 is 19.7 Å². The van der Waals surface area contributed by atoms with E-state index in [9.17, 15) is 9.59 Å². The van der Waals surface area contributed by atoms with Crippen molar-refractivity contribution in [3.05, 3.63) is 65.7 Å². The number of para-hydroxylation sites is 2. The highest BCUT2D eigenvalue weighted by atomic mass is 16.6. The molecule has 0 saturated heterocycles. The first-order chi connectivity index (χ1) is 14.2. The van der Waals surface area contributed by atoms with Crippen molar-refractivity contribution in [2.45, 2.75) is 39.8 Å². The van der Waals surface area contributed by atoms with Gasteiger partial charge in [-0.15, -0.1) is 0 Å². The summed E-state index contributed by atoms with van der Waals surface area (Å²) < 4.78 is 10.8. The van der Waals surface area contributed by atoms with Crippen LogP contribution in [0.3, 0.4) is 0 Å². The Labute approximate surface area is 178 Å². The number of ether oxygens (including phenoxy) is 2. The molecule has 0 aliphatic carbocycles. The summed E-state index contributed by atoms with van der Waals surface area (Å²) in [5.74, 6) is 0.423. The highest BCUT2D eigenvalue weighted by Crippen LogP contribution is 2.21. The topological polar surface area (TPSA) is 67.9 Å². The molecule has 0 fully saturated rings. The number of methoxy groups -OCH3 is 1. The van der Waals surface area contributed by atoms with Gasteiger partial charge in [0.05, 0.1) is 13.7 Å². The van der Waals surface area contributed by atoms with Crippen LogP contribution in [-0.2, 0) is 16.1 Å². The molecule has 0 saturated carbocycles. The Morgan fingerprint density at radius 1 is 1.07 bits per heavy atom. The standard InChI is InChI=1S/C24H30N2O4/c1-6-26(23(28)30-24(2,3)4)17-19-12-7-9-13-20(19)25-22(27)16-15-18-11-8-10-14-21(18)29-5/h7-16H,6,17H2,1-5H3,(H,25,27)/b16-15+. The molecule has 6 heteroatoms. The molecule has 0 unspecified atom stereocenters. The molecule has 0 aromatic heterocycles. The molecule has 160 valence electrons. The van der Waals surface area contributed by atoms with Crippen molar-refractivity contribution >= 4 is 23.8 Å². The lowest BCUT2D eigenvalue weighted by Crippen LogP contribution is -2.36. The minimum atomic E-state index is -0.568. The third-order valence-corrected chi connectivity index (χ3v) is 4.22. The van der Waals surface area contributed by atoms with Gasteiger partial charge in [-0.3, -0.25) is 4.79 Å². The molecule has 2 rings (SSSR count). The number of amides is 2. The Morgan fingerprint density at radius 2 is 1.73 bits per heavy atom. The molecular weight excluding hydrogens is 380 g/mol. The monoisotopic (exact) mass is 410 g/mol. The molecule has 0 aliphatic heterocycles. The maximum absolute atomic E-state index is 12.5. The first kappa shape index (κ1) is 23.0. The van der Waals surface area contributed by atoms with E-state index in [0.717, 1.165) is 11.1 Å². The van der Waals surface area contributed by atoms with Crippen LogP contribution in [0.25, 0.3) is 6.08 Å². The molecule has 2 amide bonds. The van der Waals surface area contributed by atoms with Gasteiger partial charge in [-0.05, 0) is 51.5 Å². The van der Waals surface area contributed by atoms with Crippen LogP contribution in [0.1, 0.15) is 38.8 Å². The highest BCUT2D eigenvalue weighted by Gasteiger charge is 2.22. The fourth-order valence-electron chi connectivity index (χ4n) is 2.76. The molecule has 0 bridgehead atoms. The molecular formula is C24H30N2O4. The molecule has 0 spiro atoms. The lowest BCUT2D eigenvalue weighted by atomic mass is 10.1. The van der Waals surface area contributed by atoms with E-state index in [4.69, 9.17) is 9.47 Å². The van der Waals surface area contributed by atoms with E-state index in [1.54, 1.807) is 18.1 Å². The van der Waals surface area contributed by atoms with Crippen LogP contribution in [0, 0.1) is 0 Å². The van der Waals surface area contributed by atoms with E-state index in [-0.39, 0.29) is 12.0 Å². The van der Waals surface area contributed by atoms with Gasteiger partial charge >= 0.3 is 6.09 Å². The number of nitrogens with zero attached hydrogens (tertiary/aromatic N) is 1. The Hall–Kier alpha value is -3.28. The predicted molar refractivity (Wildman–Crippen MR) is 119 cm³/mol. The molecule has 1 N–H and O–H groups in total. The van der Waals surface area contributed by atoms with E-state index < -0.39 is 5.60 Å². The average molecular weight is 411 g/mol. The molecule has 0 heterocycles. The smallest absolute Gasteiger partial charge is 0.410 e. The van der Waals surface area contributed by atoms with E-state index in [2.05, 4.69) is 5.32 Å². The minimum absolute atomic E-state index is 0.270. The number of nitrogens with one attached hydrogen (secondary N) is 1. The van der Waals surface area contributed by atoms with Gasteiger partial charge in [-0.25, -0.2) is 4.79 Å². The Bertz CT molecular complexity index is 900. The van der Waals surface area contributed by atoms with Gasteiger partial charge in [0.1, 0.15) is 11.4 Å². The number of benzene rings is 2. The number of hydrogen-bond donors (Lipinski definition) is 1. The zero-order valence-electron chi connectivity index (χ0n) is 18.3. The predicted octanol–water partition coefficient (Wildman–Crippen LogP) is 5.10. The van der Waals surface area contributed by atoms with Gasteiger partial charge in [-0.1, -0.05) is 36.4 Å². The Balaban J connectivity index is 2.11. The van der Waals surface area contributed by atoms with E-state index >= 15 is 0 Å². The van der Waals surface area contributed by atoms with Crippen LogP contribution in [0.4, 0.5) is 10.5 Å². The summed E-state index contributed by atoms with van der Waals surface area (Å²) in [6.07, 6.45) is 2.78. The van der Waals surface area contributed by atoms with Gasteiger partial charge in [-0.2, -0.15) is 0 Å². The third kappa shape index (κ3) is 6.95. The number of rotatable bonds is 7. The number of anilines is 1. The molecule has 0 atom stereocenters. The quantitative estimate of drug-likeness (QED) is 0.645. The summed E-state index contributed by atoms with van der Waals surface area (Å²) >= 11 is 0. The highest BCUT2D eigenvalue weighted by molar-refractivity contribution is 6.02. The Morgan fingerprint density at radius 3 is 2.40 bits per heavy atom. The van der Waals surface area contributed by atoms with Gasteiger partial charge in [0, 0.05) is 23.9 Å². The average Bonchev–Trinajstić information content (AvgIpc) is 2.70. The molecule has 0 radical (unpaired) electrons. The van der Waals surface area contributed by atoms with E-state index in [0.29, 0.717) is 24.5 Å². The van der Waals surface area contributed by atoms with Crippen LogP contribution in [0.2, 0.25) is 0 Å². The van der Waals surface area contributed by atoms with Crippen molar-refractivity contribution in [3.8, 4) is 5.75 Å². The van der Waals surface area contributed by atoms with Crippen LogP contribution in [-0.4, -0.2) is 36.2 Å². The zero-order valence-corrected chi connectivity index (χ0v) is 18.3. The maximum Gasteiger partial charge on any atom is 0.410 e. The Kier molecular flexibility index (Phi) is 8.04. The van der Waals surface area contributed by atoms with Gasteiger partial charge in [0.15, 0.2) is 0 Å². The molecule has 2 aromatic carbocycles. The number of hydrogen-bond acceptors (Lipinski definition) is 4. The zero-order chi connectivity index (χ0) is 22.1. The molecule has 30 heavy (non-hydrogen) atoms. The lowest BCUT2D eigenvalue weighted by Gasteiger charge is -2.27. The van der Waals surface area contributed by atoms with Crippen molar-refractivity contribution in [2.75, 3.05) is 19.0 Å². The van der Waals surface area contributed by atoms with Crippen LogP contribution >= 0.6 is 0 Å². The SMILES string of the molecule is CCN(Cc1ccccc1NC(=O)/C=C/c1ccccc1OC)C(=O)OC(C)(C)C. The second-order valence-electron chi connectivity index (χ2n) is 7.72. The second-order valence-corrected chi connectivity index (χ2v) is 7.72. The number of carbonyl (C=O) groups excluding carboxylic acids is 2. The first-order valence-electron chi connectivity index (χ1n) is 9.91. The van der Waals surface area contributed by atoms with Crippen molar-refractivity contribution in [1.82, 2.24) is 4.90 Å². The summed E-state index contributed by atoms with van der Waals surface area (Å²) in [4.78, 5) is 26.5. The summed E-state index contributed by atoms with van der Waals surface area (Å²) in [6.45, 7) is 8.22. The van der Waals surface area contributed by atoms with E-state index in [1.165, 1.54) is 6.08 Å². The van der Waals surface area contributed by atoms with Crippen molar-refractivity contribution in [3.63, 3.8) is 0 Å². The lowest BCUT2D eigenvalue weighted by molar-refractivity contribution is -0.111. The van der Waals surface area contributed by atoms with Crippen LogP contribution < -0.4 is 10.1 Å². The van der Waals surface area contributed by atoms with Crippen molar-refractivity contribution in [2.24, 2.45) is 0 Å². The van der Waals surface area contributed by atoms with Crippen LogP contribution in [0.5, 0.6) is 5.75 Å². The normalized spacial score (nSPS) is 11.2. The third-order valence-electron chi connectivity index (χ3n) is 4.22. The van der Waals surface area contributed by atoms with Crippen molar-refractivity contribution < 1.29 is 19.1 Å². The minimum Gasteiger partial charge on any atom is -0.496 e. The first-order valence-corrected chi connectivity index (χ1v) is 9.91. The van der Waals surface area contributed by atoms with E-state index in [1.807, 2.05) is 76.2 Å². The summed E-state index contributed by atoms with van der Waals surface area (Å²) in [6, 6.07) is 14.9. The van der Waals surface area contributed by atoms with Gasteiger partial charge in [0.2, 0.25) is 5.91 Å². The molecule has 0 aliphatic rings. The largest absolute Gasteiger partial charge is 0.496 e. The second kappa shape index (κ2) is 10.5. The van der Waals surface area contributed by atoms with Crippen molar-refractivity contribution in [1.29, 1.82) is 0 Å².